The lowest BCUT2D eigenvalue weighted by Gasteiger charge is -2.53. The zero-order valence-electron chi connectivity index (χ0n) is 18.2. The average Bonchev–Trinajstić information content (AvgIpc) is 2.53. The third-order valence-electron chi connectivity index (χ3n) is 6.44. The Morgan fingerprint density at radius 2 is 1.54 bits per heavy atom. The molecule has 6 heteroatoms. The standard InChI is InChI=1S/C20H38O5Si/c1-10-15(21)18(5,6)16(25-26(8,9)17(2,3)4)11-20-22-12-19(7,13-23-20)14-24-20/h16H,10-14H2,1-9H3/t16-,19?,20?/m0/s1. The maximum absolute atomic E-state index is 12.7. The molecule has 0 aromatic carbocycles. The van der Waals surface area contributed by atoms with E-state index in [9.17, 15) is 4.79 Å². The average molecular weight is 387 g/mol. The van der Waals surface area contributed by atoms with Gasteiger partial charge in [0.25, 0.3) is 5.97 Å². The summed E-state index contributed by atoms with van der Waals surface area (Å²) in [5.41, 5.74) is -0.709. The fourth-order valence-electron chi connectivity index (χ4n) is 3.12. The smallest absolute Gasteiger partial charge is 0.285 e. The molecule has 5 nitrogen and oxygen atoms in total. The van der Waals surface area contributed by atoms with Crippen molar-refractivity contribution in [3.8, 4) is 0 Å². The highest BCUT2D eigenvalue weighted by Crippen LogP contribution is 2.46. The maximum atomic E-state index is 12.7. The number of fused-ring (bicyclic) bond motifs is 3. The number of carbonyl (C=O) groups excluding carboxylic acids is 1. The molecule has 3 heterocycles. The monoisotopic (exact) mass is 386 g/mol. The van der Waals surface area contributed by atoms with E-state index >= 15 is 0 Å². The lowest BCUT2D eigenvalue weighted by molar-refractivity contribution is -0.471. The van der Waals surface area contributed by atoms with Gasteiger partial charge in [0.05, 0.1) is 32.3 Å². The van der Waals surface area contributed by atoms with E-state index in [4.69, 9.17) is 18.6 Å². The summed E-state index contributed by atoms with van der Waals surface area (Å²) >= 11 is 0. The minimum atomic E-state index is -2.09. The zero-order valence-corrected chi connectivity index (χ0v) is 19.2. The van der Waals surface area contributed by atoms with Crippen molar-refractivity contribution < 1.29 is 23.4 Å². The van der Waals surface area contributed by atoms with Crippen LogP contribution in [0.15, 0.2) is 0 Å². The summed E-state index contributed by atoms with van der Waals surface area (Å²) in [6, 6.07) is 0. The molecule has 0 spiro atoms. The summed E-state index contributed by atoms with van der Waals surface area (Å²) in [5.74, 6) is -0.898. The quantitative estimate of drug-likeness (QED) is 0.603. The topological polar surface area (TPSA) is 54.0 Å². The van der Waals surface area contributed by atoms with Crippen molar-refractivity contribution in [2.45, 2.75) is 91.5 Å². The number of Topliss-reactive ketones (excluding diaryl/α,β-unsaturated/α-hetero) is 1. The predicted octanol–water partition coefficient (Wildman–Crippen LogP) is 4.51. The van der Waals surface area contributed by atoms with E-state index in [1.54, 1.807) is 0 Å². The molecule has 0 N–H and O–H groups in total. The van der Waals surface area contributed by atoms with Gasteiger partial charge in [-0.3, -0.25) is 4.79 Å². The van der Waals surface area contributed by atoms with Crippen LogP contribution in [0.4, 0.5) is 0 Å². The summed E-state index contributed by atoms with van der Waals surface area (Å²) < 4.78 is 24.7. The van der Waals surface area contributed by atoms with Gasteiger partial charge in [-0.15, -0.1) is 0 Å². The van der Waals surface area contributed by atoms with Crippen LogP contribution in [0.5, 0.6) is 0 Å². The van der Waals surface area contributed by atoms with Crippen LogP contribution in [0.2, 0.25) is 18.1 Å². The SMILES string of the molecule is CCC(=O)C(C)(C)[C@H](CC12OCC(C)(CO1)CO2)O[Si](C)(C)C(C)(C)C. The van der Waals surface area contributed by atoms with Crippen LogP contribution in [0.1, 0.15) is 61.3 Å². The Hall–Kier alpha value is -0.273. The first-order valence-corrected chi connectivity index (χ1v) is 12.7. The molecule has 3 aliphatic rings. The fourth-order valence-corrected chi connectivity index (χ4v) is 4.56. The van der Waals surface area contributed by atoms with E-state index in [0.717, 1.165) is 0 Å². The number of hydrogen-bond donors (Lipinski definition) is 0. The van der Waals surface area contributed by atoms with Crippen molar-refractivity contribution in [3.63, 3.8) is 0 Å². The number of hydrogen-bond acceptors (Lipinski definition) is 5. The zero-order chi connectivity index (χ0) is 20.0. The molecule has 3 rings (SSSR count). The molecule has 0 aromatic heterocycles. The minimum Gasteiger partial charge on any atom is -0.413 e. The Bertz CT molecular complexity index is 510. The molecular weight excluding hydrogens is 348 g/mol. The lowest BCUT2D eigenvalue weighted by Crippen LogP contribution is -2.62. The van der Waals surface area contributed by atoms with Gasteiger partial charge in [-0.2, -0.15) is 0 Å². The van der Waals surface area contributed by atoms with Crippen molar-refractivity contribution >= 4 is 14.1 Å². The summed E-state index contributed by atoms with van der Waals surface area (Å²) in [5, 5.41) is 0.0501. The molecule has 0 radical (unpaired) electrons. The number of rotatable bonds is 7. The summed E-state index contributed by atoms with van der Waals surface area (Å²) in [4.78, 5) is 12.7. The highest BCUT2D eigenvalue weighted by Gasteiger charge is 2.55. The van der Waals surface area contributed by atoms with Crippen LogP contribution in [0, 0.1) is 10.8 Å². The molecule has 0 aromatic rings. The molecule has 26 heavy (non-hydrogen) atoms. The highest BCUT2D eigenvalue weighted by molar-refractivity contribution is 6.74. The first-order chi connectivity index (χ1) is 11.7. The Balaban J connectivity index is 2.28. The van der Waals surface area contributed by atoms with Crippen molar-refractivity contribution in [3.05, 3.63) is 0 Å². The molecule has 2 bridgehead atoms. The Labute approximate surface area is 160 Å². The summed E-state index contributed by atoms with van der Waals surface area (Å²) in [6.07, 6.45) is 0.574. The van der Waals surface area contributed by atoms with Gasteiger partial charge in [-0.1, -0.05) is 48.5 Å². The van der Waals surface area contributed by atoms with Gasteiger partial charge in [-0.25, -0.2) is 0 Å². The normalized spacial score (nSPS) is 31.1. The van der Waals surface area contributed by atoms with Gasteiger partial charge in [0.15, 0.2) is 8.32 Å². The first-order valence-electron chi connectivity index (χ1n) is 9.79. The molecule has 3 aliphatic heterocycles. The van der Waals surface area contributed by atoms with Crippen molar-refractivity contribution in [2.24, 2.45) is 10.8 Å². The largest absolute Gasteiger partial charge is 0.413 e. The molecule has 0 unspecified atom stereocenters. The third-order valence-corrected chi connectivity index (χ3v) is 10.9. The second-order valence-corrected chi connectivity index (χ2v) is 15.2. The minimum absolute atomic E-state index is 0.0501. The predicted molar refractivity (Wildman–Crippen MR) is 104 cm³/mol. The van der Waals surface area contributed by atoms with Crippen LogP contribution in [-0.4, -0.2) is 46.0 Å². The lowest BCUT2D eigenvalue weighted by atomic mass is 9.78. The van der Waals surface area contributed by atoms with Crippen LogP contribution in [0.25, 0.3) is 0 Å². The molecule has 3 saturated heterocycles. The van der Waals surface area contributed by atoms with Crippen LogP contribution in [0.3, 0.4) is 0 Å². The van der Waals surface area contributed by atoms with Gasteiger partial charge < -0.3 is 18.6 Å². The van der Waals surface area contributed by atoms with Gasteiger partial charge in [0, 0.05) is 17.3 Å². The van der Waals surface area contributed by atoms with E-state index in [1.807, 2.05) is 20.8 Å². The van der Waals surface area contributed by atoms with E-state index < -0.39 is 19.7 Å². The van der Waals surface area contributed by atoms with Crippen molar-refractivity contribution in [2.75, 3.05) is 19.8 Å². The molecule has 152 valence electrons. The molecule has 3 fully saturated rings. The first kappa shape index (κ1) is 22.0. The van der Waals surface area contributed by atoms with E-state index in [2.05, 4.69) is 40.8 Å². The van der Waals surface area contributed by atoms with Crippen molar-refractivity contribution in [1.82, 2.24) is 0 Å². The Morgan fingerprint density at radius 1 is 1.08 bits per heavy atom. The van der Waals surface area contributed by atoms with Crippen LogP contribution < -0.4 is 0 Å². The Kier molecular flexibility index (Phi) is 5.89. The molecule has 0 amide bonds. The molecule has 0 saturated carbocycles. The number of ether oxygens (including phenoxy) is 3. The third kappa shape index (κ3) is 4.25. The maximum Gasteiger partial charge on any atom is 0.285 e. The molecular formula is C20H38O5Si. The Morgan fingerprint density at radius 3 is 1.92 bits per heavy atom. The molecule has 0 aliphatic carbocycles. The van der Waals surface area contributed by atoms with E-state index in [0.29, 0.717) is 32.7 Å². The van der Waals surface area contributed by atoms with Crippen molar-refractivity contribution in [1.29, 1.82) is 0 Å². The van der Waals surface area contributed by atoms with Gasteiger partial charge in [-0.05, 0) is 18.1 Å². The van der Waals surface area contributed by atoms with Gasteiger partial charge in [0.1, 0.15) is 5.78 Å². The number of ketones is 1. The van der Waals surface area contributed by atoms with E-state index in [-0.39, 0.29) is 22.3 Å². The second kappa shape index (κ2) is 6.96. The second-order valence-electron chi connectivity index (χ2n) is 10.4. The van der Waals surface area contributed by atoms with Gasteiger partial charge in [0.2, 0.25) is 0 Å². The van der Waals surface area contributed by atoms with Crippen LogP contribution in [-0.2, 0) is 23.4 Å². The highest BCUT2D eigenvalue weighted by atomic mass is 28.4. The van der Waals surface area contributed by atoms with Crippen LogP contribution >= 0.6 is 0 Å². The summed E-state index contributed by atoms with van der Waals surface area (Å²) in [7, 11) is -2.09. The fraction of sp³-hybridized carbons (Fsp3) is 0.950. The summed E-state index contributed by atoms with van der Waals surface area (Å²) in [6.45, 7) is 20.8. The molecule has 1 atom stereocenters. The van der Waals surface area contributed by atoms with E-state index in [1.165, 1.54) is 0 Å². The number of carbonyl (C=O) groups is 1. The van der Waals surface area contributed by atoms with Gasteiger partial charge >= 0.3 is 0 Å².